The topological polar surface area (TPSA) is 26.3 Å². The monoisotopic (exact) mass is 172 g/mol. The number of hydrogen-bond donors (Lipinski definition) is 0. The molecule has 0 radical (unpaired) electrons. The van der Waals surface area contributed by atoms with Crippen molar-refractivity contribution in [1.82, 2.24) is 0 Å². The highest BCUT2D eigenvalue weighted by Gasteiger charge is 1.92. The van der Waals surface area contributed by atoms with Crippen molar-refractivity contribution < 1.29 is 13.5 Å². The predicted octanol–water partition coefficient (Wildman–Crippen LogP) is 2.55. The fourth-order valence-electron chi connectivity index (χ4n) is 0.682. The van der Waals surface area contributed by atoms with Gasteiger partial charge in [-0.1, -0.05) is 12.1 Å². The summed E-state index contributed by atoms with van der Waals surface area (Å²) in [6.45, 7) is 0.241. The Morgan fingerprint density at radius 2 is 2.00 bits per heavy atom. The van der Waals surface area contributed by atoms with Gasteiger partial charge in [0.1, 0.15) is 5.82 Å². The lowest BCUT2D eigenvalue weighted by molar-refractivity contribution is 0.332. The molecule has 1 aromatic carbocycles. The van der Waals surface area contributed by atoms with E-state index in [1.54, 1.807) is 12.1 Å². The first-order valence-electron chi connectivity index (χ1n) is 3.02. The molecule has 0 spiro atoms. The highest BCUT2D eigenvalue weighted by Crippen LogP contribution is 2.07. The molecule has 1 aromatic rings. The molecule has 0 unspecified atom stereocenters. The standard InChI is InChI=1S/C7H6FO2P/c8-7-3-1-6(2-4-7)5-10-11-9/h1-4H,5H2. The Morgan fingerprint density at radius 3 is 2.55 bits per heavy atom. The van der Waals surface area contributed by atoms with Crippen molar-refractivity contribution in [3.05, 3.63) is 35.6 Å². The Bertz CT molecular complexity index is 235. The molecule has 0 saturated carbocycles. The SMILES string of the molecule is O=POCc1ccc(F)cc1. The normalized spacial score (nSPS) is 10.3. The van der Waals surface area contributed by atoms with Crippen LogP contribution >= 0.6 is 8.69 Å². The highest BCUT2D eigenvalue weighted by atomic mass is 31.1. The van der Waals surface area contributed by atoms with Crippen LogP contribution in [0.4, 0.5) is 4.39 Å². The molecule has 11 heavy (non-hydrogen) atoms. The van der Waals surface area contributed by atoms with Gasteiger partial charge in [0.25, 0.3) is 0 Å². The minimum Gasteiger partial charge on any atom is -0.290 e. The number of hydrogen-bond acceptors (Lipinski definition) is 2. The summed E-state index contributed by atoms with van der Waals surface area (Å²) in [5.74, 6) is -0.284. The fraction of sp³-hybridized carbons (Fsp3) is 0.143. The van der Waals surface area contributed by atoms with Gasteiger partial charge in [0, 0.05) is 0 Å². The van der Waals surface area contributed by atoms with Gasteiger partial charge < -0.3 is 0 Å². The first-order valence-corrected chi connectivity index (χ1v) is 3.75. The summed E-state index contributed by atoms with van der Waals surface area (Å²) in [7, 11) is -0.353. The Morgan fingerprint density at radius 1 is 1.36 bits per heavy atom. The van der Waals surface area contributed by atoms with Crippen molar-refractivity contribution in [1.29, 1.82) is 0 Å². The summed E-state index contributed by atoms with van der Waals surface area (Å²) in [4.78, 5) is 0. The molecular weight excluding hydrogens is 166 g/mol. The molecule has 2 nitrogen and oxygen atoms in total. The van der Waals surface area contributed by atoms with Crippen LogP contribution < -0.4 is 0 Å². The van der Waals surface area contributed by atoms with Crippen molar-refractivity contribution in [2.24, 2.45) is 0 Å². The van der Waals surface area contributed by atoms with Gasteiger partial charge in [-0.2, -0.15) is 0 Å². The van der Waals surface area contributed by atoms with Crippen molar-refractivity contribution in [3.8, 4) is 0 Å². The summed E-state index contributed by atoms with van der Waals surface area (Å²) < 4.78 is 26.7. The second-order valence-corrected chi connectivity index (χ2v) is 2.38. The molecule has 0 N–H and O–H groups in total. The average molecular weight is 172 g/mol. The molecule has 0 amide bonds. The smallest absolute Gasteiger partial charge is 0.290 e. The van der Waals surface area contributed by atoms with Crippen LogP contribution in [-0.4, -0.2) is 0 Å². The van der Waals surface area contributed by atoms with Crippen LogP contribution in [0.15, 0.2) is 24.3 Å². The van der Waals surface area contributed by atoms with E-state index in [0.29, 0.717) is 0 Å². The number of benzene rings is 1. The van der Waals surface area contributed by atoms with E-state index in [9.17, 15) is 8.96 Å². The summed E-state index contributed by atoms with van der Waals surface area (Å²) in [5, 5.41) is 0. The Labute approximate surface area is 65.3 Å². The molecule has 0 aliphatic rings. The number of rotatable bonds is 3. The molecule has 0 heterocycles. The Kier molecular flexibility index (Phi) is 3.14. The van der Waals surface area contributed by atoms with Crippen LogP contribution in [0.2, 0.25) is 0 Å². The molecule has 0 atom stereocenters. The lowest BCUT2D eigenvalue weighted by Gasteiger charge is -1.95. The first-order chi connectivity index (χ1) is 5.33. The van der Waals surface area contributed by atoms with E-state index in [4.69, 9.17) is 0 Å². The zero-order chi connectivity index (χ0) is 8.10. The number of halogens is 1. The minimum absolute atomic E-state index is 0.241. The Hall–Kier alpha value is -0.790. The lowest BCUT2D eigenvalue weighted by atomic mass is 10.2. The molecule has 4 heteroatoms. The third kappa shape index (κ3) is 2.74. The van der Waals surface area contributed by atoms with Crippen LogP contribution in [0.1, 0.15) is 5.56 Å². The summed E-state index contributed by atoms with van der Waals surface area (Å²) in [5.41, 5.74) is 0.801. The van der Waals surface area contributed by atoms with E-state index in [1.807, 2.05) is 0 Å². The van der Waals surface area contributed by atoms with E-state index in [-0.39, 0.29) is 21.1 Å². The zero-order valence-electron chi connectivity index (χ0n) is 5.66. The van der Waals surface area contributed by atoms with Crippen LogP contribution in [0.25, 0.3) is 0 Å². The van der Waals surface area contributed by atoms with Crippen LogP contribution in [0.3, 0.4) is 0 Å². The fourth-order valence-corrected chi connectivity index (χ4v) is 0.883. The zero-order valence-corrected chi connectivity index (χ0v) is 6.55. The van der Waals surface area contributed by atoms with Crippen LogP contribution in [0, 0.1) is 5.82 Å². The van der Waals surface area contributed by atoms with Crippen LogP contribution in [-0.2, 0) is 15.7 Å². The summed E-state index contributed by atoms with van der Waals surface area (Å²) in [6.07, 6.45) is 0. The van der Waals surface area contributed by atoms with E-state index in [0.717, 1.165) is 5.56 Å². The minimum atomic E-state index is -0.353. The van der Waals surface area contributed by atoms with Crippen molar-refractivity contribution >= 4 is 8.69 Å². The predicted molar refractivity (Wildman–Crippen MR) is 38.8 cm³/mol. The molecule has 0 aliphatic carbocycles. The largest absolute Gasteiger partial charge is 0.327 e. The van der Waals surface area contributed by atoms with Gasteiger partial charge >= 0.3 is 8.69 Å². The van der Waals surface area contributed by atoms with Crippen LogP contribution in [0.5, 0.6) is 0 Å². The second kappa shape index (κ2) is 4.16. The molecule has 0 aliphatic heterocycles. The van der Waals surface area contributed by atoms with Gasteiger partial charge in [0.15, 0.2) is 0 Å². The van der Waals surface area contributed by atoms with Crippen molar-refractivity contribution in [3.63, 3.8) is 0 Å². The van der Waals surface area contributed by atoms with Crippen molar-refractivity contribution in [2.75, 3.05) is 0 Å². The van der Waals surface area contributed by atoms with Gasteiger partial charge in [-0.25, -0.2) is 8.96 Å². The van der Waals surface area contributed by atoms with Crippen molar-refractivity contribution in [2.45, 2.75) is 6.61 Å². The van der Waals surface area contributed by atoms with Gasteiger partial charge in [-0.15, -0.1) is 0 Å². The molecule has 1 rings (SSSR count). The Balaban J connectivity index is 2.58. The lowest BCUT2D eigenvalue weighted by Crippen LogP contribution is -1.83. The molecule has 0 saturated heterocycles. The second-order valence-electron chi connectivity index (χ2n) is 1.97. The third-order valence-electron chi connectivity index (χ3n) is 1.20. The molecule has 0 aromatic heterocycles. The summed E-state index contributed by atoms with van der Waals surface area (Å²) in [6, 6.07) is 5.84. The van der Waals surface area contributed by atoms with Gasteiger partial charge in [-0.3, -0.25) is 4.52 Å². The quantitative estimate of drug-likeness (QED) is 0.655. The molecule has 0 fully saturated rings. The maximum Gasteiger partial charge on any atom is 0.327 e. The molecule has 0 bridgehead atoms. The van der Waals surface area contributed by atoms with E-state index in [2.05, 4.69) is 4.52 Å². The van der Waals surface area contributed by atoms with Gasteiger partial charge in [0.05, 0.1) is 6.61 Å². The maximum absolute atomic E-state index is 12.3. The molecule has 58 valence electrons. The highest BCUT2D eigenvalue weighted by molar-refractivity contribution is 7.17. The van der Waals surface area contributed by atoms with E-state index < -0.39 is 0 Å². The maximum atomic E-state index is 12.3. The average Bonchev–Trinajstić information content (AvgIpc) is 2.04. The van der Waals surface area contributed by atoms with Gasteiger partial charge in [0.2, 0.25) is 0 Å². The summed E-state index contributed by atoms with van der Waals surface area (Å²) >= 11 is 0. The van der Waals surface area contributed by atoms with Gasteiger partial charge in [-0.05, 0) is 17.7 Å². The third-order valence-corrected chi connectivity index (χ3v) is 1.43. The van der Waals surface area contributed by atoms with E-state index in [1.165, 1.54) is 12.1 Å². The van der Waals surface area contributed by atoms with E-state index >= 15 is 0 Å². The first kappa shape index (κ1) is 8.31. The molecular formula is C7H6FO2P.